The first kappa shape index (κ1) is 20.0. The predicted molar refractivity (Wildman–Crippen MR) is 102 cm³/mol. The van der Waals surface area contributed by atoms with Crippen molar-refractivity contribution >= 4 is 38.2 Å². The topological polar surface area (TPSA) is 81.0 Å². The zero-order valence-electron chi connectivity index (χ0n) is 14.7. The number of nitro benzene ring substituents is 1. The highest BCUT2D eigenvalue weighted by Gasteiger charge is 2.33. The van der Waals surface area contributed by atoms with Crippen LogP contribution in [0.5, 0.6) is 0 Å². The summed E-state index contributed by atoms with van der Waals surface area (Å²) in [5.74, 6) is 0.370. The molecule has 1 N–H and O–H groups in total. The molecule has 0 aliphatic heterocycles. The van der Waals surface area contributed by atoms with Crippen LogP contribution in [0.2, 0.25) is 0 Å². The Morgan fingerprint density at radius 2 is 1.86 bits per heavy atom. The second kappa shape index (κ2) is 7.34. The fourth-order valence-corrected chi connectivity index (χ4v) is 3.17. The number of fused-ring (bicyclic) bond motifs is 1. The Bertz CT molecular complexity index is 1070. The van der Waals surface area contributed by atoms with E-state index in [0.29, 0.717) is 17.6 Å². The molecule has 3 aromatic rings. The van der Waals surface area contributed by atoms with Crippen LogP contribution in [-0.4, -0.2) is 15.1 Å². The standard InChI is InChI=1S/C18H14BrF3N4O2/c1-9(11-5-12(18(20,21)22)7-14(6-11)26(27)28)23-17-16-8-13(19)3-4-15(16)10(2)24-25-17/h3-9H,1-2H3,(H,23,25)/t9-/m1/s1. The van der Waals surface area contributed by atoms with Gasteiger partial charge in [0, 0.05) is 27.4 Å². The first-order chi connectivity index (χ1) is 13.1. The lowest BCUT2D eigenvalue weighted by Gasteiger charge is -2.18. The number of benzene rings is 2. The fourth-order valence-electron chi connectivity index (χ4n) is 2.81. The Morgan fingerprint density at radius 3 is 2.50 bits per heavy atom. The number of alkyl halides is 3. The molecular formula is C18H14BrF3N4O2. The van der Waals surface area contributed by atoms with E-state index in [-0.39, 0.29) is 5.56 Å². The lowest BCUT2D eigenvalue weighted by atomic mass is 10.0. The molecule has 10 heteroatoms. The molecule has 0 unspecified atom stereocenters. The summed E-state index contributed by atoms with van der Waals surface area (Å²) in [5.41, 5.74) is -0.878. The van der Waals surface area contributed by atoms with Gasteiger partial charge >= 0.3 is 6.18 Å². The van der Waals surface area contributed by atoms with Gasteiger partial charge in [0.25, 0.3) is 5.69 Å². The minimum Gasteiger partial charge on any atom is -0.362 e. The second-order valence-corrected chi connectivity index (χ2v) is 7.17. The van der Waals surface area contributed by atoms with Gasteiger partial charge in [-0.2, -0.15) is 18.3 Å². The highest BCUT2D eigenvalue weighted by atomic mass is 79.9. The molecule has 0 saturated heterocycles. The molecule has 2 aromatic carbocycles. The molecule has 0 saturated carbocycles. The monoisotopic (exact) mass is 454 g/mol. The number of nitrogens with one attached hydrogen (secondary N) is 1. The van der Waals surface area contributed by atoms with E-state index in [0.717, 1.165) is 27.4 Å². The van der Waals surface area contributed by atoms with Gasteiger partial charge in [0.2, 0.25) is 0 Å². The van der Waals surface area contributed by atoms with Crippen molar-refractivity contribution in [3.63, 3.8) is 0 Å². The minimum atomic E-state index is -4.69. The van der Waals surface area contributed by atoms with Gasteiger partial charge in [0.05, 0.1) is 22.2 Å². The van der Waals surface area contributed by atoms with E-state index in [1.54, 1.807) is 13.8 Å². The number of nitro groups is 1. The number of anilines is 1. The van der Waals surface area contributed by atoms with E-state index in [4.69, 9.17) is 0 Å². The van der Waals surface area contributed by atoms with Gasteiger partial charge in [-0.15, -0.1) is 5.10 Å². The van der Waals surface area contributed by atoms with Crippen LogP contribution >= 0.6 is 15.9 Å². The van der Waals surface area contributed by atoms with Crippen molar-refractivity contribution in [2.75, 3.05) is 5.32 Å². The van der Waals surface area contributed by atoms with Crippen molar-refractivity contribution in [3.05, 3.63) is 67.8 Å². The van der Waals surface area contributed by atoms with Crippen molar-refractivity contribution in [2.24, 2.45) is 0 Å². The zero-order valence-corrected chi connectivity index (χ0v) is 16.3. The number of hydrogen-bond acceptors (Lipinski definition) is 5. The Morgan fingerprint density at radius 1 is 1.14 bits per heavy atom. The van der Waals surface area contributed by atoms with Crippen LogP contribution in [0.25, 0.3) is 10.8 Å². The summed E-state index contributed by atoms with van der Waals surface area (Å²) >= 11 is 3.38. The third kappa shape index (κ3) is 4.06. The van der Waals surface area contributed by atoms with Gasteiger partial charge in [-0.25, -0.2) is 0 Å². The van der Waals surface area contributed by atoms with Crippen LogP contribution in [0.15, 0.2) is 40.9 Å². The Balaban J connectivity index is 2.04. The van der Waals surface area contributed by atoms with Crippen LogP contribution in [0.3, 0.4) is 0 Å². The maximum atomic E-state index is 13.1. The minimum absolute atomic E-state index is 0.118. The Labute approximate surface area is 166 Å². The number of halogens is 4. The summed E-state index contributed by atoms with van der Waals surface area (Å²) in [5, 5.41) is 23.8. The Hall–Kier alpha value is -2.75. The summed E-state index contributed by atoms with van der Waals surface area (Å²) in [6, 6.07) is 7.38. The van der Waals surface area contributed by atoms with Crippen LogP contribution in [0, 0.1) is 17.0 Å². The number of aromatic nitrogens is 2. The summed E-state index contributed by atoms with van der Waals surface area (Å²) in [7, 11) is 0. The number of aryl methyl sites for hydroxylation is 1. The normalized spacial score (nSPS) is 12.8. The molecule has 0 bridgehead atoms. The number of hydrogen-bond donors (Lipinski definition) is 1. The molecule has 28 heavy (non-hydrogen) atoms. The fraction of sp³-hybridized carbons (Fsp3) is 0.222. The first-order valence-electron chi connectivity index (χ1n) is 8.12. The van der Waals surface area contributed by atoms with Gasteiger partial charge in [0.1, 0.15) is 0 Å². The third-order valence-electron chi connectivity index (χ3n) is 4.26. The highest BCUT2D eigenvalue weighted by molar-refractivity contribution is 9.10. The summed E-state index contributed by atoms with van der Waals surface area (Å²) < 4.78 is 40.2. The van der Waals surface area contributed by atoms with Crippen molar-refractivity contribution in [3.8, 4) is 0 Å². The van der Waals surface area contributed by atoms with E-state index in [9.17, 15) is 23.3 Å². The van der Waals surface area contributed by atoms with Crippen LogP contribution in [-0.2, 0) is 6.18 Å². The number of nitrogens with zero attached hydrogens (tertiary/aromatic N) is 3. The molecule has 0 aliphatic carbocycles. The van der Waals surface area contributed by atoms with E-state index in [1.165, 1.54) is 0 Å². The molecule has 6 nitrogen and oxygen atoms in total. The van der Waals surface area contributed by atoms with Crippen molar-refractivity contribution in [1.29, 1.82) is 0 Å². The molecular weight excluding hydrogens is 441 g/mol. The molecule has 3 rings (SSSR count). The quantitative estimate of drug-likeness (QED) is 0.397. The van der Waals surface area contributed by atoms with Gasteiger partial charge in [-0.3, -0.25) is 10.1 Å². The van der Waals surface area contributed by atoms with Crippen molar-refractivity contribution in [1.82, 2.24) is 10.2 Å². The van der Waals surface area contributed by atoms with E-state index in [2.05, 4.69) is 31.4 Å². The molecule has 146 valence electrons. The van der Waals surface area contributed by atoms with Crippen LogP contribution in [0.1, 0.15) is 29.8 Å². The van der Waals surface area contributed by atoms with Gasteiger partial charge in [-0.05, 0) is 37.6 Å². The molecule has 1 heterocycles. The SMILES string of the molecule is Cc1nnc(N[C@H](C)c2cc([N+](=O)[O-])cc(C(F)(F)F)c2)c2cc(Br)ccc12. The largest absolute Gasteiger partial charge is 0.416 e. The molecule has 1 aromatic heterocycles. The van der Waals surface area contributed by atoms with Gasteiger partial charge in [0.15, 0.2) is 5.82 Å². The molecule has 1 atom stereocenters. The van der Waals surface area contributed by atoms with Crippen molar-refractivity contribution < 1.29 is 18.1 Å². The number of rotatable bonds is 4. The van der Waals surface area contributed by atoms with E-state index < -0.39 is 28.4 Å². The smallest absolute Gasteiger partial charge is 0.362 e. The van der Waals surface area contributed by atoms with Crippen LogP contribution < -0.4 is 5.32 Å². The lowest BCUT2D eigenvalue weighted by molar-refractivity contribution is -0.385. The lowest BCUT2D eigenvalue weighted by Crippen LogP contribution is -2.12. The summed E-state index contributed by atoms with van der Waals surface area (Å²) in [6.45, 7) is 3.40. The summed E-state index contributed by atoms with van der Waals surface area (Å²) in [6.07, 6.45) is -4.69. The average molecular weight is 455 g/mol. The maximum absolute atomic E-state index is 13.1. The van der Waals surface area contributed by atoms with Crippen LogP contribution in [0.4, 0.5) is 24.7 Å². The third-order valence-corrected chi connectivity index (χ3v) is 4.75. The van der Waals surface area contributed by atoms with Gasteiger partial charge in [-0.1, -0.05) is 22.0 Å². The second-order valence-electron chi connectivity index (χ2n) is 6.26. The zero-order chi connectivity index (χ0) is 20.6. The molecule has 0 fully saturated rings. The van der Waals surface area contributed by atoms with Gasteiger partial charge < -0.3 is 5.32 Å². The number of non-ortho nitro benzene ring substituents is 1. The van der Waals surface area contributed by atoms with E-state index in [1.807, 2.05) is 18.2 Å². The predicted octanol–water partition coefficient (Wildman–Crippen LogP) is 5.80. The molecule has 0 spiro atoms. The average Bonchev–Trinajstić information content (AvgIpc) is 2.62. The molecule has 0 radical (unpaired) electrons. The molecule has 0 amide bonds. The van der Waals surface area contributed by atoms with Crippen molar-refractivity contribution in [2.45, 2.75) is 26.1 Å². The Kier molecular flexibility index (Phi) is 5.24. The summed E-state index contributed by atoms with van der Waals surface area (Å²) in [4.78, 5) is 10.2. The maximum Gasteiger partial charge on any atom is 0.416 e. The molecule has 0 aliphatic rings. The first-order valence-corrected chi connectivity index (χ1v) is 8.91. The highest BCUT2D eigenvalue weighted by Crippen LogP contribution is 2.35. The van der Waals surface area contributed by atoms with E-state index >= 15 is 0 Å².